The molecular weight excluding hydrogens is 272 g/mol. The van der Waals surface area contributed by atoms with Crippen LogP contribution in [-0.2, 0) is 14.2 Å². The predicted octanol–water partition coefficient (Wildman–Crippen LogP) is -0.234. The van der Waals surface area contributed by atoms with Crippen molar-refractivity contribution in [3.63, 3.8) is 0 Å². The number of aliphatic imine (C=N–C) groups is 1. The van der Waals surface area contributed by atoms with Gasteiger partial charge in [0.05, 0.1) is 26.4 Å². The number of nitrogens with two attached hydrogens (primary N) is 1. The van der Waals surface area contributed by atoms with Gasteiger partial charge >= 0.3 is 0 Å². The predicted molar refractivity (Wildman–Crippen MR) is 81.3 cm³/mol. The average Bonchev–Trinajstić information content (AvgIpc) is 2.92. The molecule has 0 aromatic heterocycles. The fourth-order valence-corrected chi connectivity index (χ4v) is 2.49. The van der Waals surface area contributed by atoms with Crippen LogP contribution in [0.25, 0.3) is 0 Å². The minimum atomic E-state index is -0.469. The van der Waals surface area contributed by atoms with Gasteiger partial charge in [0, 0.05) is 39.1 Å². The Hall–Kier alpha value is -0.890. The Labute approximate surface area is 126 Å². The van der Waals surface area contributed by atoms with Crippen LogP contribution in [0.15, 0.2) is 4.99 Å². The van der Waals surface area contributed by atoms with Gasteiger partial charge in [-0.2, -0.15) is 0 Å². The molecule has 0 aromatic carbocycles. The highest BCUT2D eigenvalue weighted by molar-refractivity contribution is 5.77. The summed E-state index contributed by atoms with van der Waals surface area (Å²) >= 11 is 0. The van der Waals surface area contributed by atoms with E-state index in [1.165, 1.54) is 0 Å². The molecule has 2 heterocycles. The van der Waals surface area contributed by atoms with Crippen LogP contribution in [0.5, 0.6) is 0 Å². The molecule has 3 N–H and O–H groups in total. The third-order valence-corrected chi connectivity index (χ3v) is 3.80. The summed E-state index contributed by atoms with van der Waals surface area (Å²) < 4.78 is 16.4. The zero-order valence-electron chi connectivity index (χ0n) is 13.0. The second kappa shape index (κ2) is 8.53. The van der Waals surface area contributed by atoms with Crippen LogP contribution in [0.2, 0.25) is 0 Å². The molecule has 2 aliphatic heterocycles. The molecule has 2 rings (SSSR count). The highest BCUT2D eigenvalue weighted by Gasteiger charge is 2.30. The van der Waals surface area contributed by atoms with Crippen LogP contribution >= 0.6 is 0 Å². The van der Waals surface area contributed by atoms with Gasteiger partial charge < -0.3 is 25.3 Å². The maximum absolute atomic E-state index is 5.84. The van der Waals surface area contributed by atoms with Crippen LogP contribution < -0.4 is 11.1 Å². The Morgan fingerprint density at radius 1 is 1.24 bits per heavy atom. The maximum Gasteiger partial charge on any atom is 0.188 e. The monoisotopic (exact) mass is 300 g/mol. The van der Waals surface area contributed by atoms with Crippen LogP contribution in [0, 0.1) is 0 Å². The molecule has 7 heteroatoms. The number of ether oxygens (including phenoxy) is 3. The molecule has 0 aliphatic carbocycles. The Balaban J connectivity index is 1.52. The number of hydrogen-bond donors (Lipinski definition) is 2. The lowest BCUT2D eigenvalue weighted by molar-refractivity contribution is -0.145. The smallest absolute Gasteiger partial charge is 0.188 e. The van der Waals surface area contributed by atoms with Gasteiger partial charge in [-0.05, 0) is 13.3 Å². The minimum absolute atomic E-state index is 0.469. The summed E-state index contributed by atoms with van der Waals surface area (Å²) in [6.07, 6.45) is 1.78. The van der Waals surface area contributed by atoms with E-state index in [0.29, 0.717) is 25.7 Å². The number of morpholine rings is 1. The summed E-state index contributed by atoms with van der Waals surface area (Å²) in [5.41, 5.74) is 5.84. The lowest BCUT2D eigenvalue weighted by Gasteiger charge is -2.26. The van der Waals surface area contributed by atoms with Crippen LogP contribution in [0.1, 0.15) is 19.8 Å². The van der Waals surface area contributed by atoms with Gasteiger partial charge in [0.15, 0.2) is 11.7 Å². The molecule has 0 radical (unpaired) electrons. The van der Waals surface area contributed by atoms with Gasteiger partial charge in [-0.15, -0.1) is 0 Å². The molecule has 2 saturated heterocycles. The molecular formula is C14H28N4O3. The summed E-state index contributed by atoms with van der Waals surface area (Å²) in [5, 5.41) is 3.11. The lowest BCUT2D eigenvalue weighted by Crippen LogP contribution is -2.38. The SMILES string of the molecule is CC1(CCNC(N)=NCCCN2CCOCC2)OCCO1. The van der Waals surface area contributed by atoms with Crippen molar-refractivity contribution in [3.05, 3.63) is 0 Å². The molecule has 2 aliphatic rings. The Morgan fingerprint density at radius 2 is 1.95 bits per heavy atom. The van der Waals surface area contributed by atoms with E-state index < -0.39 is 5.79 Å². The Bertz CT molecular complexity index is 326. The van der Waals surface area contributed by atoms with Crippen molar-refractivity contribution < 1.29 is 14.2 Å². The van der Waals surface area contributed by atoms with Crippen molar-refractivity contribution >= 4 is 5.96 Å². The van der Waals surface area contributed by atoms with E-state index in [9.17, 15) is 0 Å². The molecule has 0 atom stereocenters. The number of guanidine groups is 1. The first kappa shape index (κ1) is 16.5. The molecule has 2 fully saturated rings. The standard InChI is InChI=1S/C14H28N4O3/c1-14(20-11-12-21-14)3-5-17-13(15)16-4-2-6-18-7-9-19-10-8-18/h2-12H2,1H3,(H3,15,16,17). The minimum Gasteiger partial charge on any atom is -0.379 e. The topological polar surface area (TPSA) is 81.3 Å². The molecule has 0 bridgehead atoms. The van der Waals surface area contributed by atoms with E-state index in [4.69, 9.17) is 19.9 Å². The van der Waals surface area contributed by atoms with Crippen molar-refractivity contribution in [2.24, 2.45) is 10.7 Å². The highest BCUT2D eigenvalue weighted by atomic mass is 16.7. The third-order valence-electron chi connectivity index (χ3n) is 3.80. The second-order valence-corrected chi connectivity index (χ2v) is 5.58. The zero-order valence-corrected chi connectivity index (χ0v) is 13.0. The number of nitrogens with one attached hydrogen (secondary N) is 1. The summed E-state index contributed by atoms with van der Waals surface area (Å²) in [6.45, 7) is 9.54. The van der Waals surface area contributed by atoms with Crippen LogP contribution in [-0.4, -0.2) is 75.8 Å². The molecule has 0 unspecified atom stereocenters. The van der Waals surface area contributed by atoms with Crippen molar-refractivity contribution in [2.75, 3.05) is 59.2 Å². The first-order valence-corrected chi connectivity index (χ1v) is 7.80. The van der Waals surface area contributed by atoms with Crippen molar-refractivity contribution in [2.45, 2.75) is 25.6 Å². The van der Waals surface area contributed by atoms with Crippen molar-refractivity contribution in [1.29, 1.82) is 0 Å². The van der Waals surface area contributed by atoms with E-state index in [0.717, 1.165) is 52.2 Å². The van der Waals surface area contributed by atoms with Gasteiger partial charge in [0.1, 0.15) is 0 Å². The van der Waals surface area contributed by atoms with E-state index in [-0.39, 0.29) is 0 Å². The second-order valence-electron chi connectivity index (χ2n) is 5.58. The Morgan fingerprint density at radius 3 is 2.67 bits per heavy atom. The third kappa shape index (κ3) is 6.17. The fourth-order valence-electron chi connectivity index (χ4n) is 2.49. The van der Waals surface area contributed by atoms with E-state index in [1.54, 1.807) is 0 Å². The van der Waals surface area contributed by atoms with Crippen molar-refractivity contribution in [1.82, 2.24) is 10.2 Å². The molecule has 0 amide bonds. The molecule has 0 aromatic rings. The van der Waals surface area contributed by atoms with E-state index in [1.807, 2.05) is 6.92 Å². The molecule has 122 valence electrons. The zero-order chi connectivity index (χ0) is 15.0. The number of nitrogens with zero attached hydrogens (tertiary/aromatic N) is 2. The summed E-state index contributed by atoms with van der Waals surface area (Å²) in [4.78, 5) is 6.74. The largest absolute Gasteiger partial charge is 0.379 e. The number of rotatable bonds is 7. The fraction of sp³-hybridized carbons (Fsp3) is 0.929. The first-order valence-electron chi connectivity index (χ1n) is 7.80. The van der Waals surface area contributed by atoms with E-state index in [2.05, 4.69) is 15.2 Å². The molecule has 7 nitrogen and oxygen atoms in total. The average molecular weight is 300 g/mol. The van der Waals surface area contributed by atoms with Gasteiger partial charge in [0.25, 0.3) is 0 Å². The van der Waals surface area contributed by atoms with Gasteiger partial charge in [-0.1, -0.05) is 0 Å². The molecule has 21 heavy (non-hydrogen) atoms. The van der Waals surface area contributed by atoms with Gasteiger partial charge in [0.2, 0.25) is 0 Å². The van der Waals surface area contributed by atoms with Crippen molar-refractivity contribution in [3.8, 4) is 0 Å². The van der Waals surface area contributed by atoms with Gasteiger partial charge in [-0.3, -0.25) is 9.89 Å². The Kier molecular flexibility index (Phi) is 6.69. The quantitative estimate of drug-likeness (QED) is 0.384. The molecule has 0 spiro atoms. The maximum atomic E-state index is 5.84. The normalized spacial score (nSPS) is 23.4. The number of hydrogen-bond acceptors (Lipinski definition) is 5. The van der Waals surface area contributed by atoms with Crippen LogP contribution in [0.3, 0.4) is 0 Å². The van der Waals surface area contributed by atoms with E-state index >= 15 is 0 Å². The summed E-state index contributed by atoms with van der Waals surface area (Å²) in [7, 11) is 0. The van der Waals surface area contributed by atoms with Gasteiger partial charge in [-0.25, -0.2) is 0 Å². The first-order chi connectivity index (χ1) is 10.2. The lowest BCUT2D eigenvalue weighted by atomic mass is 10.2. The van der Waals surface area contributed by atoms with Crippen LogP contribution in [0.4, 0.5) is 0 Å². The highest BCUT2D eigenvalue weighted by Crippen LogP contribution is 2.21. The summed E-state index contributed by atoms with van der Waals surface area (Å²) in [5.74, 6) is 0.0300. The molecule has 0 saturated carbocycles. The summed E-state index contributed by atoms with van der Waals surface area (Å²) in [6, 6.07) is 0.